The Bertz CT molecular complexity index is 1070. The van der Waals surface area contributed by atoms with Crippen molar-refractivity contribution in [3.63, 3.8) is 0 Å². The van der Waals surface area contributed by atoms with Crippen molar-refractivity contribution in [2.75, 3.05) is 13.1 Å². The second-order valence-electron chi connectivity index (χ2n) is 16.2. The van der Waals surface area contributed by atoms with Crippen LogP contribution in [0.25, 0.3) is 0 Å². The van der Waals surface area contributed by atoms with E-state index in [9.17, 15) is 15.0 Å². The summed E-state index contributed by atoms with van der Waals surface area (Å²) in [4.78, 5) is 13.5. The van der Waals surface area contributed by atoms with E-state index in [-0.39, 0.29) is 39.9 Å². The van der Waals surface area contributed by atoms with Crippen molar-refractivity contribution in [3.8, 4) is 11.5 Å². The van der Waals surface area contributed by atoms with Crippen LogP contribution < -0.4 is 11.1 Å². The van der Waals surface area contributed by atoms with Crippen molar-refractivity contribution in [1.29, 1.82) is 0 Å². The molecule has 0 atom stereocenters. The molecule has 0 saturated carbocycles. The molecule has 0 fully saturated rings. The maximum atomic E-state index is 13.5. The number of phenols is 2. The first-order valence-corrected chi connectivity index (χ1v) is 15.8. The van der Waals surface area contributed by atoms with Crippen LogP contribution in [0.15, 0.2) is 24.3 Å². The molecular formula is C37H60N2O3. The van der Waals surface area contributed by atoms with E-state index in [4.69, 9.17) is 5.73 Å². The van der Waals surface area contributed by atoms with Gasteiger partial charge in [-0.1, -0.05) is 120 Å². The zero-order chi connectivity index (χ0) is 32.3. The van der Waals surface area contributed by atoms with E-state index in [0.717, 1.165) is 59.1 Å². The standard InChI is InChI=1S/C37H60N2O3/c1-34(2,3)27-19-24(20-28(32(27)41)35(4,5)6)26(23-31(40)39-18-16-14-13-15-17-38)25-21-29(36(7,8)9)33(42)30(22-25)37(10,11)12/h19-22,26,41-42H,13-18,23,38H2,1-12H3,(H,39,40). The first kappa shape index (κ1) is 35.7. The number of unbranched alkanes of at least 4 members (excludes halogenated alkanes) is 3. The van der Waals surface area contributed by atoms with E-state index in [0.29, 0.717) is 24.6 Å². The van der Waals surface area contributed by atoms with Gasteiger partial charge in [-0.15, -0.1) is 0 Å². The molecule has 1 amide bonds. The summed E-state index contributed by atoms with van der Waals surface area (Å²) in [7, 11) is 0. The molecule has 2 aromatic carbocycles. The first-order valence-electron chi connectivity index (χ1n) is 15.8. The number of rotatable bonds is 10. The molecule has 5 N–H and O–H groups in total. The van der Waals surface area contributed by atoms with Crippen molar-refractivity contribution in [2.24, 2.45) is 5.73 Å². The monoisotopic (exact) mass is 580 g/mol. The van der Waals surface area contributed by atoms with Crippen LogP contribution in [0, 0.1) is 0 Å². The van der Waals surface area contributed by atoms with Crippen LogP contribution in [0.2, 0.25) is 0 Å². The zero-order valence-corrected chi connectivity index (χ0v) is 28.7. The molecule has 42 heavy (non-hydrogen) atoms. The van der Waals surface area contributed by atoms with Gasteiger partial charge < -0.3 is 21.3 Å². The number of hydrogen-bond donors (Lipinski definition) is 4. The number of carbonyl (C=O) groups is 1. The summed E-state index contributed by atoms with van der Waals surface area (Å²) in [5.41, 5.74) is 9.97. The van der Waals surface area contributed by atoms with Crippen molar-refractivity contribution < 1.29 is 15.0 Å². The summed E-state index contributed by atoms with van der Waals surface area (Å²) in [6.07, 6.45) is 4.34. The summed E-state index contributed by atoms with van der Waals surface area (Å²) in [5, 5.41) is 26.0. The Morgan fingerprint density at radius 1 is 0.643 bits per heavy atom. The smallest absolute Gasteiger partial charge is 0.220 e. The number of carbonyl (C=O) groups excluding carboxylic acids is 1. The van der Waals surface area contributed by atoms with Gasteiger partial charge in [0.25, 0.3) is 0 Å². The van der Waals surface area contributed by atoms with Gasteiger partial charge in [0.2, 0.25) is 5.91 Å². The maximum absolute atomic E-state index is 13.5. The Morgan fingerprint density at radius 2 is 0.976 bits per heavy atom. The molecule has 0 aliphatic heterocycles. The minimum atomic E-state index is -0.293. The van der Waals surface area contributed by atoms with Crippen molar-refractivity contribution in [1.82, 2.24) is 5.32 Å². The highest BCUT2D eigenvalue weighted by molar-refractivity contribution is 5.78. The number of hydrogen-bond acceptors (Lipinski definition) is 4. The van der Waals surface area contributed by atoms with Gasteiger partial charge in [0.15, 0.2) is 0 Å². The number of amides is 1. The molecule has 0 unspecified atom stereocenters. The largest absolute Gasteiger partial charge is 0.507 e. The summed E-state index contributed by atoms with van der Waals surface area (Å²) in [6.45, 7) is 26.7. The highest BCUT2D eigenvalue weighted by Gasteiger charge is 2.32. The number of nitrogens with two attached hydrogens (primary N) is 1. The lowest BCUT2D eigenvalue weighted by Gasteiger charge is -2.32. The zero-order valence-electron chi connectivity index (χ0n) is 28.7. The lowest BCUT2D eigenvalue weighted by molar-refractivity contribution is -0.121. The van der Waals surface area contributed by atoms with E-state index in [1.165, 1.54) is 0 Å². The predicted octanol–water partition coefficient (Wildman–Crippen LogP) is 8.45. The van der Waals surface area contributed by atoms with Crippen LogP contribution in [0.3, 0.4) is 0 Å². The van der Waals surface area contributed by atoms with Crippen LogP contribution in [-0.4, -0.2) is 29.2 Å². The van der Waals surface area contributed by atoms with E-state index < -0.39 is 0 Å². The third-order valence-electron chi connectivity index (χ3n) is 8.14. The van der Waals surface area contributed by atoms with Crippen molar-refractivity contribution in [3.05, 3.63) is 57.6 Å². The van der Waals surface area contributed by atoms with Gasteiger partial charge in [0.05, 0.1) is 0 Å². The van der Waals surface area contributed by atoms with Crippen LogP contribution in [0.5, 0.6) is 11.5 Å². The lowest BCUT2D eigenvalue weighted by Crippen LogP contribution is -2.27. The Balaban J connectivity index is 2.79. The van der Waals surface area contributed by atoms with Gasteiger partial charge in [0.1, 0.15) is 11.5 Å². The molecule has 0 bridgehead atoms. The fourth-order valence-electron chi connectivity index (χ4n) is 5.54. The molecule has 0 aliphatic rings. The van der Waals surface area contributed by atoms with Crippen molar-refractivity contribution >= 4 is 5.91 Å². The molecule has 2 rings (SSSR count). The maximum Gasteiger partial charge on any atom is 0.220 e. The van der Waals surface area contributed by atoms with Crippen LogP contribution in [0.4, 0.5) is 0 Å². The highest BCUT2D eigenvalue weighted by Crippen LogP contribution is 2.46. The second-order valence-corrected chi connectivity index (χ2v) is 16.2. The Kier molecular flexibility index (Phi) is 11.4. The van der Waals surface area contributed by atoms with Gasteiger partial charge in [-0.2, -0.15) is 0 Å². The van der Waals surface area contributed by atoms with Crippen LogP contribution in [-0.2, 0) is 26.5 Å². The van der Waals surface area contributed by atoms with Gasteiger partial charge in [-0.3, -0.25) is 4.79 Å². The molecule has 0 aromatic heterocycles. The summed E-state index contributed by atoms with van der Waals surface area (Å²) < 4.78 is 0. The SMILES string of the molecule is CC(C)(C)c1cc(C(CC(=O)NCCCCCCN)c2cc(C(C)(C)C)c(O)c(C(C)(C)C)c2)cc(C(C)(C)C)c1O. The Labute approximate surface area is 256 Å². The molecular weight excluding hydrogens is 520 g/mol. The van der Waals surface area contributed by atoms with Gasteiger partial charge in [-0.25, -0.2) is 0 Å². The fourth-order valence-corrected chi connectivity index (χ4v) is 5.54. The topological polar surface area (TPSA) is 95.6 Å². The predicted molar refractivity (Wildman–Crippen MR) is 178 cm³/mol. The molecule has 0 aliphatic carbocycles. The quantitative estimate of drug-likeness (QED) is 0.212. The number of benzene rings is 2. The molecule has 5 nitrogen and oxygen atoms in total. The molecule has 0 spiro atoms. The number of nitrogens with one attached hydrogen (secondary N) is 1. The minimum Gasteiger partial charge on any atom is -0.507 e. The summed E-state index contributed by atoms with van der Waals surface area (Å²) in [6, 6.07) is 8.37. The average molecular weight is 581 g/mol. The second kappa shape index (κ2) is 13.4. The Hall–Kier alpha value is -2.53. The summed E-state index contributed by atoms with van der Waals surface area (Å²) in [5.74, 6) is 0.406. The van der Waals surface area contributed by atoms with E-state index in [2.05, 4.69) is 113 Å². The van der Waals surface area contributed by atoms with Gasteiger partial charge in [-0.05, 0) is 74.4 Å². The molecule has 0 radical (unpaired) electrons. The summed E-state index contributed by atoms with van der Waals surface area (Å²) >= 11 is 0. The van der Waals surface area contributed by atoms with E-state index in [1.807, 2.05) is 0 Å². The van der Waals surface area contributed by atoms with E-state index >= 15 is 0 Å². The average Bonchev–Trinajstić information content (AvgIpc) is 2.82. The van der Waals surface area contributed by atoms with Crippen molar-refractivity contribution in [2.45, 2.75) is 143 Å². The highest BCUT2D eigenvalue weighted by atomic mass is 16.3. The van der Waals surface area contributed by atoms with Gasteiger partial charge >= 0.3 is 0 Å². The molecule has 236 valence electrons. The molecule has 5 heteroatoms. The molecule has 0 saturated heterocycles. The number of aromatic hydroxyl groups is 2. The molecule has 2 aromatic rings. The van der Waals surface area contributed by atoms with Crippen LogP contribution >= 0.6 is 0 Å². The van der Waals surface area contributed by atoms with E-state index in [1.54, 1.807) is 0 Å². The van der Waals surface area contributed by atoms with Gasteiger partial charge in [0, 0.05) is 18.9 Å². The minimum absolute atomic E-state index is 0.00390. The fraction of sp³-hybridized carbons (Fsp3) is 0.649. The first-order chi connectivity index (χ1) is 19.1. The normalized spacial score (nSPS) is 13.1. The Morgan fingerprint density at radius 3 is 1.29 bits per heavy atom. The third-order valence-corrected chi connectivity index (χ3v) is 8.14. The number of phenolic OH excluding ortho intramolecular Hbond substituents is 2. The van der Waals surface area contributed by atoms with Crippen LogP contribution in [0.1, 0.15) is 154 Å². The lowest BCUT2D eigenvalue weighted by atomic mass is 9.73. The molecule has 0 heterocycles. The third kappa shape index (κ3) is 9.23.